The normalized spacial score (nSPS) is 13.3. The van der Waals surface area contributed by atoms with Gasteiger partial charge in [0, 0.05) is 48.4 Å². The number of fused-ring (bicyclic) bond motifs is 1. The molecule has 0 spiro atoms. The van der Waals surface area contributed by atoms with Crippen molar-refractivity contribution in [2.45, 2.75) is 52.5 Å². The lowest BCUT2D eigenvalue weighted by atomic mass is 9.98. The second-order valence-corrected chi connectivity index (χ2v) is 11.7. The number of nitrogens with zero attached hydrogens (tertiary/aromatic N) is 5. The number of rotatable bonds is 10. The van der Waals surface area contributed by atoms with Gasteiger partial charge in [-0.3, -0.25) is 9.59 Å². The lowest BCUT2D eigenvalue weighted by molar-refractivity contribution is -0.697. The van der Waals surface area contributed by atoms with Gasteiger partial charge in [0.1, 0.15) is 17.6 Å². The van der Waals surface area contributed by atoms with Crippen LogP contribution in [0.25, 0.3) is 45.6 Å². The van der Waals surface area contributed by atoms with E-state index >= 15 is 0 Å². The number of amides is 2. The smallest absolute Gasteiger partial charge is 0.330 e. The van der Waals surface area contributed by atoms with E-state index in [1.165, 1.54) is 22.9 Å². The molecule has 226 valence electrons. The number of aryl methyl sites for hydroxylation is 3. The van der Waals surface area contributed by atoms with Crippen molar-refractivity contribution in [3.05, 3.63) is 95.4 Å². The van der Waals surface area contributed by atoms with E-state index in [2.05, 4.69) is 71.3 Å². The largest absolute Gasteiger partial charge is 0.333 e. The Morgan fingerprint density at radius 2 is 1.56 bits per heavy atom. The fourth-order valence-electron chi connectivity index (χ4n) is 5.22. The average molecular weight is 619 g/mol. The molecule has 10 heteroatoms. The highest BCUT2D eigenvalue weighted by atomic mass is 32.1. The van der Waals surface area contributed by atoms with Gasteiger partial charge in [0.15, 0.2) is 12.4 Å². The third-order valence-electron chi connectivity index (χ3n) is 7.66. The van der Waals surface area contributed by atoms with E-state index in [0.29, 0.717) is 18.0 Å². The van der Waals surface area contributed by atoms with Crippen LogP contribution in [-0.4, -0.2) is 36.6 Å². The summed E-state index contributed by atoms with van der Waals surface area (Å²) in [5.74, 6) is -1.51. The summed E-state index contributed by atoms with van der Waals surface area (Å²) in [5.41, 5.74) is 9.53. The highest BCUT2D eigenvalue weighted by Crippen LogP contribution is 2.36. The quantitative estimate of drug-likeness (QED) is 0.103. The Balaban J connectivity index is 1.22. The predicted molar refractivity (Wildman–Crippen MR) is 172 cm³/mol. The third kappa shape index (κ3) is 6.86. The van der Waals surface area contributed by atoms with Crippen LogP contribution >= 0.6 is 11.7 Å². The molecule has 3 aromatic heterocycles. The van der Waals surface area contributed by atoms with Gasteiger partial charge in [0.2, 0.25) is 0 Å². The van der Waals surface area contributed by atoms with Gasteiger partial charge < -0.3 is 4.84 Å². The minimum atomic E-state index is -0.575. The van der Waals surface area contributed by atoms with Gasteiger partial charge in [-0.15, -0.1) is 5.06 Å². The van der Waals surface area contributed by atoms with Crippen molar-refractivity contribution in [1.29, 1.82) is 0 Å². The third-order valence-corrected chi connectivity index (χ3v) is 8.19. The number of hydrogen-bond acceptors (Lipinski definition) is 8. The number of benzene rings is 2. The van der Waals surface area contributed by atoms with Crippen LogP contribution in [0.15, 0.2) is 73.1 Å². The molecule has 45 heavy (non-hydrogen) atoms. The molecule has 4 heterocycles. The molecule has 2 aromatic carbocycles. The summed E-state index contributed by atoms with van der Waals surface area (Å²) in [6, 6.07) is 20.7. The minimum Gasteiger partial charge on any atom is -0.330 e. The van der Waals surface area contributed by atoms with Crippen LogP contribution < -0.4 is 4.57 Å². The summed E-state index contributed by atoms with van der Waals surface area (Å²) in [4.78, 5) is 45.6. The Hall–Kier alpha value is -5.09. The standard InChI is InChI=1S/C35H32N5O4S/c1-23-8-13-26(14-9-23)32-28(36-33(35-34(32)37-45-38-35)27-15-10-24(2)11-16-27)17-12-25-6-5-21-39(22-25)20-4-3-7-31(43)44-40-29(41)18-19-30(40)42/h5-6,8-17,21-22H,3-4,7,18-20H2,1-2H3/q+1. The van der Waals surface area contributed by atoms with Crippen molar-refractivity contribution >= 4 is 52.7 Å². The molecule has 0 bridgehead atoms. The number of imide groups is 1. The summed E-state index contributed by atoms with van der Waals surface area (Å²) in [6.45, 7) is 4.82. The van der Waals surface area contributed by atoms with Crippen LogP contribution in [0, 0.1) is 13.8 Å². The van der Waals surface area contributed by atoms with Crippen molar-refractivity contribution in [3.8, 4) is 22.4 Å². The van der Waals surface area contributed by atoms with E-state index in [-0.39, 0.29) is 19.3 Å². The molecular weight excluding hydrogens is 586 g/mol. The summed E-state index contributed by atoms with van der Waals surface area (Å²) in [6.07, 6.45) is 9.69. The van der Waals surface area contributed by atoms with Crippen LogP contribution in [0.5, 0.6) is 0 Å². The highest BCUT2D eigenvalue weighted by molar-refractivity contribution is 7.00. The molecule has 5 aromatic rings. The average Bonchev–Trinajstić information content (AvgIpc) is 3.65. The first kappa shape index (κ1) is 30.0. The summed E-state index contributed by atoms with van der Waals surface area (Å²) in [5, 5.41) is 0.596. The molecule has 0 atom stereocenters. The maximum atomic E-state index is 12.1. The van der Waals surface area contributed by atoms with Crippen LogP contribution in [0.2, 0.25) is 0 Å². The molecule has 0 unspecified atom stereocenters. The first-order chi connectivity index (χ1) is 21.9. The van der Waals surface area contributed by atoms with E-state index in [4.69, 9.17) is 14.2 Å². The van der Waals surface area contributed by atoms with Crippen molar-refractivity contribution in [2.75, 3.05) is 0 Å². The molecular formula is C35H32N5O4S+. The summed E-state index contributed by atoms with van der Waals surface area (Å²) < 4.78 is 11.4. The molecule has 1 aliphatic heterocycles. The highest BCUT2D eigenvalue weighted by Gasteiger charge is 2.32. The van der Waals surface area contributed by atoms with Gasteiger partial charge in [-0.25, -0.2) is 14.3 Å². The van der Waals surface area contributed by atoms with Gasteiger partial charge in [-0.05, 0) is 44.1 Å². The first-order valence-electron chi connectivity index (χ1n) is 14.9. The van der Waals surface area contributed by atoms with E-state index in [1.807, 2.05) is 36.7 Å². The topological polar surface area (TPSA) is 106 Å². The molecule has 9 nitrogen and oxygen atoms in total. The Kier molecular flexibility index (Phi) is 8.84. The lowest BCUT2D eigenvalue weighted by Gasteiger charge is -2.12. The van der Waals surface area contributed by atoms with E-state index in [9.17, 15) is 14.4 Å². The van der Waals surface area contributed by atoms with Gasteiger partial charge in [0.05, 0.1) is 23.1 Å². The second-order valence-electron chi connectivity index (χ2n) is 11.1. The maximum Gasteiger partial charge on any atom is 0.333 e. The lowest BCUT2D eigenvalue weighted by Crippen LogP contribution is -2.33. The molecule has 1 aliphatic rings. The number of pyridine rings is 2. The van der Waals surface area contributed by atoms with Gasteiger partial charge >= 0.3 is 5.97 Å². The van der Waals surface area contributed by atoms with Crippen LogP contribution in [0.1, 0.15) is 54.5 Å². The second kappa shape index (κ2) is 13.3. The fraction of sp³-hybridized carbons (Fsp3) is 0.229. The molecule has 1 fully saturated rings. The van der Waals surface area contributed by atoms with Crippen molar-refractivity contribution in [1.82, 2.24) is 18.8 Å². The number of hydrogen-bond donors (Lipinski definition) is 0. The van der Waals surface area contributed by atoms with Crippen molar-refractivity contribution in [3.63, 3.8) is 0 Å². The number of carbonyl (C=O) groups excluding carboxylic acids is 3. The zero-order chi connectivity index (χ0) is 31.3. The maximum absolute atomic E-state index is 12.1. The van der Waals surface area contributed by atoms with Gasteiger partial charge in [0.25, 0.3) is 11.8 Å². The zero-order valence-corrected chi connectivity index (χ0v) is 25.9. The van der Waals surface area contributed by atoms with Crippen LogP contribution in [0.3, 0.4) is 0 Å². The Labute approximate surface area is 265 Å². The molecule has 0 radical (unpaired) electrons. The Morgan fingerprint density at radius 3 is 2.27 bits per heavy atom. The number of aromatic nitrogens is 4. The number of hydroxylamine groups is 2. The van der Waals surface area contributed by atoms with E-state index in [0.717, 1.165) is 51.1 Å². The van der Waals surface area contributed by atoms with Crippen molar-refractivity contribution < 1.29 is 23.8 Å². The molecule has 0 aliphatic carbocycles. The zero-order valence-electron chi connectivity index (χ0n) is 25.1. The summed E-state index contributed by atoms with van der Waals surface area (Å²) >= 11 is 1.19. The van der Waals surface area contributed by atoms with Gasteiger partial charge in [-0.1, -0.05) is 59.7 Å². The Morgan fingerprint density at radius 1 is 0.889 bits per heavy atom. The van der Waals surface area contributed by atoms with Crippen LogP contribution in [-0.2, 0) is 25.8 Å². The predicted octanol–water partition coefficient (Wildman–Crippen LogP) is 6.27. The fourth-order valence-corrected chi connectivity index (χ4v) is 5.78. The van der Waals surface area contributed by atoms with E-state index in [1.54, 1.807) is 0 Å². The summed E-state index contributed by atoms with van der Waals surface area (Å²) in [7, 11) is 0. The monoisotopic (exact) mass is 618 g/mol. The molecule has 0 N–H and O–H groups in total. The molecule has 1 saturated heterocycles. The first-order valence-corrected chi connectivity index (χ1v) is 15.6. The molecule has 6 rings (SSSR count). The molecule has 0 saturated carbocycles. The number of unbranched alkanes of at least 4 members (excludes halogenated alkanes) is 1. The van der Waals surface area contributed by atoms with Crippen molar-refractivity contribution in [2.24, 2.45) is 0 Å². The van der Waals surface area contributed by atoms with Gasteiger partial charge in [-0.2, -0.15) is 8.75 Å². The van der Waals surface area contributed by atoms with Crippen LogP contribution in [0.4, 0.5) is 0 Å². The van der Waals surface area contributed by atoms with E-state index < -0.39 is 17.8 Å². The molecule has 2 amide bonds. The Bertz CT molecular complexity index is 1900. The number of carbonyl (C=O) groups is 3. The SMILES string of the molecule is Cc1ccc(-c2nc(C=Cc3ccc[n+](CCCCC(=O)ON4C(=O)CCC4=O)c3)c(-c3ccc(C)cc3)c3nsnc23)cc1. The minimum absolute atomic E-state index is 0.0848.